The van der Waals surface area contributed by atoms with E-state index in [1.54, 1.807) is 32.0 Å². The van der Waals surface area contributed by atoms with Gasteiger partial charge in [-0.25, -0.2) is 4.79 Å². The predicted molar refractivity (Wildman–Crippen MR) is 62.5 cm³/mol. The lowest BCUT2D eigenvalue weighted by Gasteiger charge is -2.13. The lowest BCUT2D eigenvalue weighted by Crippen LogP contribution is -2.38. The number of rotatable bonds is 4. The summed E-state index contributed by atoms with van der Waals surface area (Å²) in [6, 6.07) is 6.51. The van der Waals surface area contributed by atoms with E-state index in [-0.39, 0.29) is 10.8 Å². The highest BCUT2D eigenvalue weighted by Crippen LogP contribution is 2.13. The topological polar surface area (TPSA) is 86.5 Å². The van der Waals surface area contributed by atoms with Crippen molar-refractivity contribution in [2.24, 2.45) is 11.7 Å². The van der Waals surface area contributed by atoms with E-state index >= 15 is 0 Å². The molecule has 0 aliphatic heterocycles. The summed E-state index contributed by atoms with van der Waals surface area (Å²) in [7, 11) is -4.07. The molecular weight excluding hydrogens is 242 g/mol. The number of benzene rings is 1. The molecule has 1 atom stereocenters. The molecule has 0 radical (unpaired) electrons. The summed E-state index contributed by atoms with van der Waals surface area (Å²) in [4.78, 5) is 11.4. The molecule has 5 nitrogen and oxygen atoms in total. The lowest BCUT2D eigenvalue weighted by atomic mass is 10.1. The molecule has 0 spiro atoms. The molecule has 1 rings (SSSR count). The average Bonchev–Trinajstić information content (AvgIpc) is 2.28. The second kappa shape index (κ2) is 5.29. The maximum absolute atomic E-state index is 11.7. The summed E-state index contributed by atoms with van der Waals surface area (Å²) in [6.45, 7) is 3.42. The molecule has 0 saturated heterocycles. The molecule has 0 aliphatic carbocycles. The van der Waals surface area contributed by atoms with Gasteiger partial charge in [-0.05, 0) is 18.1 Å². The fraction of sp³-hybridized carbons (Fsp3) is 0.364. The molecule has 94 valence electrons. The van der Waals surface area contributed by atoms with Crippen LogP contribution in [0.1, 0.15) is 13.8 Å². The van der Waals surface area contributed by atoms with Gasteiger partial charge in [0.15, 0.2) is 0 Å². The molecule has 0 amide bonds. The van der Waals surface area contributed by atoms with E-state index in [1.807, 2.05) is 0 Å². The Balaban J connectivity index is 2.85. The summed E-state index contributed by atoms with van der Waals surface area (Å²) < 4.78 is 27.8. The Labute approximate surface area is 101 Å². The molecule has 1 aromatic carbocycles. The van der Waals surface area contributed by atoms with Crippen molar-refractivity contribution in [3.8, 4) is 0 Å². The highest BCUT2D eigenvalue weighted by molar-refractivity contribution is 7.87. The minimum Gasteiger partial charge on any atom is -0.341 e. The first-order valence-corrected chi connectivity index (χ1v) is 6.54. The van der Waals surface area contributed by atoms with E-state index in [2.05, 4.69) is 4.18 Å². The highest BCUT2D eigenvalue weighted by Gasteiger charge is 2.26. The molecular formula is C11H15NO4S. The van der Waals surface area contributed by atoms with E-state index in [0.717, 1.165) is 0 Å². The van der Waals surface area contributed by atoms with Gasteiger partial charge < -0.3 is 9.92 Å². The zero-order valence-corrected chi connectivity index (χ0v) is 10.5. The summed E-state index contributed by atoms with van der Waals surface area (Å²) in [6.07, 6.45) is 0. The van der Waals surface area contributed by atoms with Gasteiger partial charge in [0.25, 0.3) is 0 Å². The van der Waals surface area contributed by atoms with Gasteiger partial charge in [-0.15, -0.1) is 0 Å². The summed E-state index contributed by atoms with van der Waals surface area (Å²) in [5.41, 5.74) is 5.51. The third-order valence-corrected chi connectivity index (χ3v) is 3.45. The van der Waals surface area contributed by atoms with Gasteiger partial charge in [0, 0.05) is 0 Å². The molecule has 0 fully saturated rings. The fourth-order valence-electron chi connectivity index (χ4n) is 1.07. The van der Waals surface area contributed by atoms with Crippen LogP contribution in [0, 0.1) is 5.92 Å². The molecule has 0 aliphatic rings. The maximum atomic E-state index is 11.7. The quantitative estimate of drug-likeness (QED) is 0.810. The molecule has 6 heteroatoms. The normalized spacial score (nSPS) is 13.4. The lowest BCUT2D eigenvalue weighted by molar-refractivity contribution is -0.136. The van der Waals surface area contributed by atoms with E-state index in [4.69, 9.17) is 5.73 Å². The predicted octanol–water partition coefficient (Wildman–Crippen LogP) is 0.902. The van der Waals surface area contributed by atoms with Crippen LogP contribution in [0.15, 0.2) is 35.2 Å². The number of carbonyl (C=O) groups excluding carboxylic acids is 1. The third-order valence-electron chi connectivity index (χ3n) is 2.21. The monoisotopic (exact) mass is 257 g/mol. The van der Waals surface area contributed by atoms with Gasteiger partial charge >= 0.3 is 16.1 Å². The van der Waals surface area contributed by atoms with Crippen molar-refractivity contribution in [3.05, 3.63) is 30.3 Å². The van der Waals surface area contributed by atoms with Crippen LogP contribution in [0.4, 0.5) is 0 Å². The van der Waals surface area contributed by atoms with Gasteiger partial charge in [-0.1, -0.05) is 32.0 Å². The Morgan fingerprint density at radius 1 is 1.24 bits per heavy atom. The SMILES string of the molecule is CC(C)[C@H](N)C(=O)OS(=O)(=O)c1ccccc1. The van der Waals surface area contributed by atoms with Crippen LogP contribution in [0.3, 0.4) is 0 Å². The van der Waals surface area contributed by atoms with Crippen molar-refractivity contribution >= 4 is 16.1 Å². The van der Waals surface area contributed by atoms with Crippen molar-refractivity contribution in [2.45, 2.75) is 24.8 Å². The first-order valence-electron chi connectivity index (χ1n) is 5.13. The van der Waals surface area contributed by atoms with Crippen molar-refractivity contribution in [1.29, 1.82) is 0 Å². The van der Waals surface area contributed by atoms with Crippen molar-refractivity contribution < 1.29 is 17.4 Å². The van der Waals surface area contributed by atoms with Crippen LogP contribution in [-0.2, 0) is 19.1 Å². The van der Waals surface area contributed by atoms with Crippen LogP contribution < -0.4 is 5.73 Å². The van der Waals surface area contributed by atoms with Gasteiger partial charge in [-0.3, -0.25) is 0 Å². The Hall–Kier alpha value is -1.40. The molecule has 17 heavy (non-hydrogen) atoms. The standard InChI is InChI=1S/C11H15NO4S/c1-8(2)10(12)11(13)16-17(14,15)9-6-4-3-5-7-9/h3-8,10H,12H2,1-2H3/t10-/m0/s1. The Kier molecular flexibility index (Phi) is 4.25. The van der Waals surface area contributed by atoms with E-state index < -0.39 is 22.1 Å². The van der Waals surface area contributed by atoms with E-state index in [9.17, 15) is 13.2 Å². The fourth-order valence-corrected chi connectivity index (χ4v) is 1.99. The van der Waals surface area contributed by atoms with Gasteiger partial charge in [-0.2, -0.15) is 8.42 Å². The minimum atomic E-state index is -4.07. The van der Waals surface area contributed by atoms with Crippen LogP contribution in [0.25, 0.3) is 0 Å². The number of nitrogens with two attached hydrogens (primary N) is 1. The third kappa shape index (κ3) is 3.54. The first kappa shape index (κ1) is 13.7. The molecule has 0 bridgehead atoms. The minimum absolute atomic E-state index is 0.0655. The van der Waals surface area contributed by atoms with Crippen LogP contribution in [0.5, 0.6) is 0 Å². The highest BCUT2D eigenvalue weighted by atomic mass is 32.2. The Morgan fingerprint density at radius 2 is 1.76 bits per heavy atom. The molecule has 0 unspecified atom stereocenters. The average molecular weight is 257 g/mol. The summed E-state index contributed by atoms with van der Waals surface area (Å²) >= 11 is 0. The van der Waals surface area contributed by atoms with Crippen LogP contribution in [-0.4, -0.2) is 20.4 Å². The number of hydrogen-bond donors (Lipinski definition) is 1. The van der Waals surface area contributed by atoms with Gasteiger partial charge in [0.2, 0.25) is 0 Å². The first-order chi connectivity index (χ1) is 7.84. The van der Waals surface area contributed by atoms with E-state index in [0.29, 0.717) is 0 Å². The molecule has 0 saturated carbocycles. The number of carbonyl (C=O) groups is 1. The zero-order valence-electron chi connectivity index (χ0n) is 9.66. The zero-order chi connectivity index (χ0) is 13.1. The second-order valence-electron chi connectivity index (χ2n) is 3.94. The van der Waals surface area contributed by atoms with Crippen LogP contribution in [0.2, 0.25) is 0 Å². The van der Waals surface area contributed by atoms with Crippen molar-refractivity contribution in [1.82, 2.24) is 0 Å². The van der Waals surface area contributed by atoms with Gasteiger partial charge in [0.05, 0.1) is 0 Å². The maximum Gasteiger partial charge on any atom is 0.341 e. The van der Waals surface area contributed by atoms with Gasteiger partial charge in [0.1, 0.15) is 10.9 Å². The molecule has 1 aromatic rings. The van der Waals surface area contributed by atoms with E-state index in [1.165, 1.54) is 12.1 Å². The van der Waals surface area contributed by atoms with Crippen molar-refractivity contribution in [2.75, 3.05) is 0 Å². The molecule has 0 aromatic heterocycles. The van der Waals surface area contributed by atoms with Crippen LogP contribution >= 0.6 is 0 Å². The smallest absolute Gasteiger partial charge is 0.341 e. The molecule has 2 N–H and O–H groups in total. The largest absolute Gasteiger partial charge is 0.341 e. The number of hydrogen-bond acceptors (Lipinski definition) is 5. The summed E-state index contributed by atoms with van der Waals surface area (Å²) in [5, 5.41) is 0. The molecule has 0 heterocycles. The summed E-state index contributed by atoms with van der Waals surface area (Å²) in [5.74, 6) is -1.13. The Bertz CT molecular complexity index is 481. The van der Waals surface area contributed by atoms with Crippen molar-refractivity contribution in [3.63, 3.8) is 0 Å². The Morgan fingerprint density at radius 3 is 2.24 bits per heavy atom. The second-order valence-corrected chi connectivity index (χ2v) is 5.49.